The molecule has 1 aromatic rings. The van der Waals surface area contributed by atoms with E-state index in [9.17, 15) is 0 Å². The zero-order chi connectivity index (χ0) is 11.5. The molecule has 2 saturated heterocycles. The van der Waals surface area contributed by atoms with Gasteiger partial charge in [-0.15, -0.1) is 0 Å². The van der Waals surface area contributed by atoms with E-state index >= 15 is 0 Å². The molecule has 1 atom stereocenters. The Morgan fingerprint density at radius 1 is 1.24 bits per heavy atom. The number of hydrogen-bond donors (Lipinski definition) is 1. The van der Waals surface area contributed by atoms with Gasteiger partial charge in [0.1, 0.15) is 0 Å². The van der Waals surface area contributed by atoms with Crippen molar-refractivity contribution in [2.45, 2.75) is 38.3 Å². The van der Waals surface area contributed by atoms with Crippen molar-refractivity contribution in [2.24, 2.45) is 0 Å². The maximum Gasteiger partial charge on any atom is 0.0949 e. The Bertz CT molecular complexity index is 348. The fraction of sp³-hybridized carbons (Fsp3) is 0.769. The smallest absolute Gasteiger partial charge is 0.0949 e. The van der Waals surface area contributed by atoms with E-state index in [4.69, 9.17) is 0 Å². The Morgan fingerprint density at radius 2 is 2.12 bits per heavy atom. The maximum atomic E-state index is 4.32. The molecular formula is C13H22N4. The Balaban J connectivity index is 1.60. The molecule has 0 radical (unpaired) electrons. The van der Waals surface area contributed by atoms with Crippen molar-refractivity contribution < 1.29 is 0 Å². The second kappa shape index (κ2) is 5.19. The fourth-order valence-electron chi connectivity index (χ4n) is 3.00. The number of aromatic nitrogens is 2. The summed E-state index contributed by atoms with van der Waals surface area (Å²) in [7, 11) is 0. The third-order valence-electron chi connectivity index (χ3n) is 4.02. The summed E-state index contributed by atoms with van der Waals surface area (Å²) in [4.78, 5) is 6.88. The molecular weight excluding hydrogens is 212 g/mol. The Hall–Kier alpha value is -0.870. The van der Waals surface area contributed by atoms with Crippen LogP contribution in [0.3, 0.4) is 0 Å². The first-order valence-corrected chi connectivity index (χ1v) is 6.89. The summed E-state index contributed by atoms with van der Waals surface area (Å²) in [5.74, 6) is 0. The molecule has 17 heavy (non-hydrogen) atoms. The summed E-state index contributed by atoms with van der Waals surface area (Å²) in [5, 5.41) is 3.55. The average Bonchev–Trinajstić information content (AvgIpc) is 3.09. The minimum absolute atomic E-state index is 0.538. The van der Waals surface area contributed by atoms with Crippen molar-refractivity contribution in [1.82, 2.24) is 19.8 Å². The summed E-state index contributed by atoms with van der Waals surface area (Å²) in [6.45, 7) is 5.99. The highest BCUT2D eigenvalue weighted by Crippen LogP contribution is 2.22. The number of nitrogens with zero attached hydrogens (tertiary/aromatic N) is 3. The van der Waals surface area contributed by atoms with Crippen LogP contribution >= 0.6 is 0 Å². The van der Waals surface area contributed by atoms with Gasteiger partial charge in [0.05, 0.1) is 12.0 Å². The van der Waals surface area contributed by atoms with E-state index in [0.717, 1.165) is 13.1 Å². The number of nitrogens with one attached hydrogen (secondary N) is 1. The van der Waals surface area contributed by atoms with Crippen molar-refractivity contribution in [3.05, 3.63) is 18.2 Å². The second-order valence-corrected chi connectivity index (χ2v) is 5.21. The van der Waals surface area contributed by atoms with Crippen molar-refractivity contribution in [1.29, 1.82) is 0 Å². The minimum Gasteiger partial charge on any atom is -0.332 e. The fourth-order valence-corrected chi connectivity index (χ4v) is 3.00. The normalized spacial score (nSPS) is 25.8. The van der Waals surface area contributed by atoms with Crippen LogP contribution in [0.2, 0.25) is 0 Å². The zero-order valence-corrected chi connectivity index (χ0v) is 10.4. The molecule has 4 heteroatoms. The molecule has 0 saturated carbocycles. The third-order valence-corrected chi connectivity index (χ3v) is 4.02. The van der Waals surface area contributed by atoms with Crippen LogP contribution in [-0.4, -0.2) is 40.6 Å². The maximum absolute atomic E-state index is 4.32. The van der Waals surface area contributed by atoms with Gasteiger partial charge < -0.3 is 14.8 Å². The molecule has 2 aliphatic rings. The van der Waals surface area contributed by atoms with Crippen LogP contribution in [0, 0.1) is 0 Å². The summed E-state index contributed by atoms with van der Waals surface area (Å²) < 4.78 is 2.33. The number of hydrogen-bond acceptors (Lipinski definition) is 3. The molecule has 0 bridgehead atoms. The monoisotopic (exact) mass is 234 g/mol. The largest absolute Gasteiger partial charge is 0.332 e. The van der Waals surface area contributed by atoms with Gasteiger partial charge in [0.15, 0.2) is 0 Å². The first kappa shape index (κ1) is 11.2. The Kier molecular flexibility index (Phi) is 3.43. The molecule has 2 fully saturated rings. The summed E-state index contributed by atoms with van der Waals surface area (Å²) in [6.07, 6.45) is 9.33. The lowest BCUT2D eigenvalue weighted by molar-refractivity contribution is 0.319. The van der Waals surface area contributed by atoms with E-state index in [1.54, 1.807) is 0 Å². The van der Waals surface area contributed by atoms with E-state index < -0.39 is 0 Å². The van der Waals surface area contributed by atoms with Crippen molar-refractivity contribution >= 4 is 0 Å². The van der Waals surface area contributed by atoms with Crippen LogP contribution in [0.5, 0.6) is 0 Å². The highest BCUT2D eigenvalue weighted by molar-refractivity contribution is 5.07. The van der Waals surface area contributed by atoms with Gasteiger partial charge in [-0.3, -0.25) is 0 Å². The lowest BCUT2D eigenvalue weighted by Gasteiger charge is -2.18. The van der Waals surface area contributed by atoms with Crippen molar-refractivity contribution in [3.63, 3.8) is 0 Å². The number of rotatable bonds is 4. The van der Waals surface area contributed by atoms with E-state index in [2.05, 4.69) is 19.8 Å². The van der Waals surface area contributed by atoms with Crippen LogP contribution in [0.4, 0.5) is 0 Å². The number of imidazole rings is 1. The Labute approximate surface area is 103 Å². The van der Waals surface area contributed by atoms with E-state index in [0.29, 0.717) is 6.04 Å². The lowest BCUT2D eigenvalue weighted by Crippen LogP contribution is -2.25. The average molecular weight is 234 g/mol. The van der Waals surface area contributed by atoms with Gasteiger partial charge >= 0.3 is 0 Å². The molecule has 2 aliphatic heterocycles. The van der Waals surface area contributed by atoms with Gasteiger partial charge in [-0.25, -0.2) is 4.98 Å². The van der Waals surface area contributed by atoms with Gasteiger partial charge in [0.25, 0.3) is 0 Å². The topological polar surface area (TPSA) is 33.1 Å². The zero-order valence-electron chi connectivity index (χ0n) is 10.4. The third kappa shape index (κ3) is 2.53. The second-order valence-electron chi connectivity index (χ2n) is 5.21. The van der Waals surface area contributed by atoms with Gasteiger partial charge in [-0.1, -0.05) is 0 Å². The van der Waals surface area contributed by atoms with Gasteiger partial charge in [0.2, 0.25) is 0 Å². The van der Waals surface area contributed by atoms with Crippen LogP contribution in [0.25, 0.3) is 0 Å². The highest BCUT2D eigenvalue weighted by Gasteiger charge is 2.20. The molecule has 4 nitrogen and oxygen atoms in total. The van der Waals surface area contributed by atoms with Crippen LogP contribution in [0.1, 0.15) is 37.4 Å². The molecule has 0 aromatic carbocycles. The summed E-state index contributed by atoms with van der Waals surface area (Å²) >= 11 is 0. The molecule has 3 heterocycles. The minimum atomic E-state index is 0.538. The number of likely N-dealkylation sites (tertiary alicyclic amines) is 1. The molecule has 1 aromatic heterocycles. The Morgan fingerprint density at radius 3 is 2.88 bits per heavy atom. The molecule has 0 spiro atoms. The summed E-state index contributed by atoms with van der Waals surface area (Å²) in [5.41, 5.74) is 1.38. The molecule has 94 valence electrons. The quantitative estimate of drug-likeness (QED) is 0.855. The highest BCUT2D eigenvalue weighted by atomic mass is 15.2. The first-order chi connectivity index (χ1) is 8.43. The van der Waals surface area contributed by atoms with E-state index in [1.807, 2.05) is 12.5 Å². The van der Waals surface area contributed by atoms with Crippen LogP contribution in [0.15, 0.2) is 12.5 Å². The molecule has 0 amide bonds. The molecule has 1 N–H and O–H groups in total. The van der Waals surface area contributed by atoms with Crippen molar-refractivity contribution in [3.8, 4) is 0 Å². The van der Waals surface area contributed by atoms with Crippen LogP contribution in [-0.2, 0) is 6.54 Å². The van der Waals surface area contributed by atoms with Crippen molar-refractivity contribution in [2.75, 3.05) is 26.2 Å². The van der Waals surface area contributed by atoms with E-state index in [-0.39, 0.29) is 0 Å². The SMILES string of the molecule is c1ncn(CCN2CCCC2)c1C1CCCN1. The molecule has 0 aliphatic carbocycles. The predicted octanol–water partition coefficient (Wildman–Crippen LogP) is 1.40. The molecule has 3 rings (SSSR count). The van der Waals surface area contributed by atoms with E-state index in [1.165, 1.54) is 51.0 Å². The van der Waals surface area contributed by atoms with Gasteiger partial charge in [-0.05, 0) is 45.3 Å². The lowest BCUT2D eigenvalue weighted by atomic mass is 10.2. The summed E-state index contributed by atoms with van der Waals surface area (Å²) in [6, 6.07) is 0.538. The standard InChI is InChI=1S/C13H22N4/c1-2-7-16(6-1)8-9-17-11-14-10-13(17)12-4-3-5-15-12/h10-12,15H,1-9H2. The molecule has 1 unspecified atom stereocenters. The van der Waals surface area contributed by atoms with Gasteiger partial charge in [0, 0.05) is 25.3 Å². The van der Waals surface area contributed by atoms with Gasteiger partial charge in [-0.2, -0.15) is 0 Å². The predicted molar refractivity (Wildman–Crippen MR) is 67.9 cm³/mol. The first-order valence-electron chi connectivity index (χ1n) is 6.89. The van der Waals surface area contributed by atoms with Crippen LogP contribution < -0.4 is 5.32 Å².